The van der Waals surface area contributed by atoms with E-state index in [-0.39, 0.29) is 5.97 Å². The number of methoxy groups -OCH3 is 1. The molecule has 0 fully saturated rings. The fraction of sp³-hybridized carbons (Fsp3) is 0.700. The molecule has 0 saturated carbocycles. The van der Waals surface area contributed by atoms with Crippen LogP contribution < -0.4 is 0 Å². The topological polar surface area (TPSA) is 49.8 Å². The predicted molar refractivity (Wildman–Crippen MR) is 54.7 cm³/mol. The van der Waals surface area contributed by atoms with Crippen LogP contribution in [0.1, 0.15) is 20.8 Å². The molecule has 0 heterocycles. The van der Waals surface area contributed by atoms with Crippen molar-refractivity contribution >= 4 is 5.97 Å². The molecule has 0 aliphatic rings. The Hall–Kier alpha value is -1.03. The standard InChI is InChI=1S/C10H19NO3/c1-5-11(8-10(2,3)13)7-6-9(12)14-4/h6-7,13H,5,8H2,1-4H3. The number of rotatable bonds is 5. The highest BCUT2D eigenvalue weighted by Gasteiger charge is 2.14. The summed E-state index contributed by atoms with van der Waals surface area (Å²) in [5.41, 5.74) is -0.767. The van der Waals surface area contributed by atoms with Gasteiger partial charge in [-0.3, -0.25) is 0 Å². The average molecular weight is 201 g/mol. The highest BCUT2D eigenvalue weighted by molar-refractivity contribution is 5.81. The second-order valence-corrected chi connectivity index (χ2v) is 3.71. The first-order valence-corrected chi connectivity index (χ1v) is 4.61. The average Bonchev–Trinajstić information content (AvgIpc) is 2.09. The van der Waals surface area contributed by atoms with Crippen LogP contribution in [0.3, 0.4) is 0 Å². The molecule has 4 heteroatoms. The fourth-order valence-electron chi connectivity index (χ4n) is 1.00. The van der Waals surface area contributed by atoms with E-state index in [0.717, 1.165) is 6.54 Å². The van der Waals surface area contributed by atoms with Crippen LogP contribution in [0, 0.1) is 0 Å². The number of hydrogen-bond acceptors (Lipinski definition) is 4. The van der Waals surface area contributed by atoms with Crippen LogP contribution >= 0.6 is 0 Å². The van der Waals surface area contributed by atoms with E-state index in [0.29, 0.717) is 6.54 Å². The summed E-state index contributed by atoms with van der Waals surface area (Å²) in [6.45, 7) is 6.62. The van der Waals surface area contributed by atoms with Gasteiger partial charge in [-0.25, -0.2) is 4.79 Å². The Kier molecular flexibility index (Phi) is 5.23. The van der Waals surface area contributed by atoms with Crippen LogP contribution in [-0.4, -0.2) is 41.8 Å². The van der Waals surface area contributed by atoms with Gasteiger partial charge in [0.15, 0.2) is 0 Å². The molecule has 1 N–H and O–H groups in total. The lowest BCUT2D eigenvalue weighted by Gasteiger charge is -2.26. The number of likely N-dealkylation sites (N-methyl/N-ethyl adjacent to an activating group) is 1. The zero-order valence-electron chi connectivity index (χ0n) is 9.28. The Morgan fingerprint density at radius 2 is 2.14 bits per heavy atom. The molecule has 0 aromatic rings. The Bertz CT molecular complexity index is 206. The van der Waals surface area contributed by atoms with Crippen molar-refractivity contribution < 1.29 is 14.6 Å². The first kappa shape index (κ1) is 13.0. The number of aliphatic hydroxyl groups is 1. The smallest absolute Gasteiger partial charge is 0.331 e. The zero-order valence-corrected chi connectivity index (χ0v) is 9.28. The zero-order chi connectivity index (χ0) is 11.2. The predicted octanol–water partition coefficient (Wildman–Crippen LogP) is 0.766. The molecule has 14 heavy (non-hydrogen) atoms. The quantitative estimate of drug-likeness (QED) is 0.527. The molecular weight excluding hydrogens is 182 g/mol. The van der Waals surface area contributed by atoms with Crippen molar-refractivity contribution in [2.75, 3.05) is 20.2 Å². The summed E-state index contributed by atoms with van der Waals surface area (Å²) in [6, 6.07) is 0. The first-order chi connectivity index (χ1) is 6.39. The van der Waals surface area contributed by atoms with E-state index in [1.54, 1.807) is 20.0 Å². The third-order valence-corrected chi connectivity index (χ3v) is 1.62. The van der Waals surface area contributed by atoms with Gasteiger partial charge in [0.2, 0.25) is 0 Å². The SMILES string of the molecule is CCN(C=CC(=O)OC)CC(C)(C)O. The van der Waals surface area contributed by atoms with Gasteiger partial charge in [-0.2, -0.15) is 0 Å². The largest absolute Gasteiger partial charge is 0.466 e. The van der Waals surface area contributed by atoms with Crippen LogP contribution in [0.2, 0.25) is 0 Å². The molecule has 0 bridgehead atoms. The van der Waals surface area contributed by atoms with Crippen molar-refractivity contribution in [2.45, 2.75) is 26.4 Å². The second kappa shape index (κ2) is 5.65. The summed E-state index contributed by atoms with van der Waals surface area (Å²) in [4.78, 5) is 12.6. The maximum Gasteiger partial charge on any atom is 0.331 e. The summed E-state index contributed by atoms with van der Waals surface area (Å²) in [7, 11) is 1.33. The Morgan fingerprint density at radius 3 is 2.50 bits per heavy atom. The maximum absolute atomic E-state index is 10.8. The minimum absolute atomic E-state index is 0.390. The van der Waals surface area contributed by atoms with E-state index in [4.69, 9.17) is 0 Å². The lowest BCUT2D eigenvalue weighted by atomic mass is 10.1. The van der Waals surface area contributed by atoms with Crippen LogP contribution in [0.4, 0.5) is 0 Å². The molecule has 0 aromatic carbocycles. The van der Waals surface area contributed by atoms with Crippen molar-refractivity contribution in [1.29, 1.82) is 0 Å². The minimum atomic E-state index is -0.767. The highest BCUT2D eigenvalue weighted by Crippen LogP contribution is 2.04. The molecule has 0 amide bonds. The van der Waals surface area contributed by atoms with Crippen LogP contribution in [-0.2, 0) is 9.53 Å². The van der Waals surface area contributed by atoms with Gasteiger partial charge in [0, 0.05) is 25.4 Å². The first-order valence-electron chi connectivity index (χ1n) is 4.61. The van der Waals surface area contributed by atoms with Gasteiger partial charge in [-0.05, 0) is 20.8 Å². The molecule has 0 unspecified atom stereocenters. The molecule has 0 rings (SSSR count). The van der Waals surface area contributed by atoms with Crippen molar-refractivity contribution in [3.8, 4) is 0 Å². The van der Waals surface area contributed by atoms with Gasteiger partial charge < -0.3 is 14.7 Å². The molecule has 0 atom stereocenters. The van der Waals surface area contributed by atoms with Crippen molar-refractivity contribution in [3.63, 3.8) is 0 Å². The van der Waals surface area contributed by atoms with Gasteiger partial charge in [-0.1, -0.05) is 0 Å². The van der Waals surface area contributed by atoms with Crippen LogP contribution in [0.15, 0.2) is 12.3 Å². The lowest BCUT2D eigenvalue weighted by Crippen LogP contribution is -2.35. The molecule has 0 aliphatic heterocycles. The number of nitrogens with zero attached hydrogens (tertiary/aromatic N) is 1. The van der Waals surface area contributed by atoms with Crippen LogP contribution in [0.25, 0.3) is 0 Å². The van der Waals surface area contributed by atoms with Gasteiger partial charge >= 0.3 is 5.97 Å². The number of esters is 1. The summed E-state index contributed by atoms with van der Waals surface area (Å²) >= 11 is 0. The highest BCUT2D eigenvalue weighted by atomic mass is 16.5. The van der Waals surface area contributed by atoms with Gasteiger partial charge in [-0.15, -0.1) is 0 Å². The number of carbonyl (C=O) groups is 1. The van der Waals surface area contributed by atoms with E-state index in [2.05, 4.69) is 4.74 Å². The third-order valence-electron chi connectivity index (χ3n) is 1.62. The number of hydrogen-bond donors (Lipinski definition) is 1. The Labute approximate surface area is 85.2 Å². The molecule has 0 saturated heterocycles. The molecule has 82 valence electrons. The molecule has 0 spiro atoms. The molecule has 0 aliphatic carbocycles. The fourth-order valence-corrected chi connectivity index (χ4v) is 1.00. The Balaban J connectivity index is 4.16. The summed E-state index contributed by atoms with van der Waals surface area (Å²) in [6.07, 6.45) is 2.97. The van der Waals surface area contributed by atoms with Crippen LogP contribution in [0.5, 0.6) is 0 Å². The minimum Gasteiger partial charge on any atom is -0.466 e. The Morgan fingerprint density at radius 1 is 1.57 bits per heavy atom. The second-order valence-electron chi connectivity index (χ2n) is 3.71. The lowest BCUT2D eigenvalue weighted by molar-refractivity contribution is -0.134. The molecule has 0 radical (unpaired) electrons. The van der Waals surface area contributed by atoms with E-state index in [1.807, 2.05) is 11.8 Å². The number of ether oxygens (including phenoxy) is 1. The molecule has 4 nitrogen and oxygen atoms in total. The van der Waals surface area contributed by atoms with Gasteiger partial charge in [0.1, 0.15) is 0 Å². The van der Waals surface area contributed by atoms with E-state index in [1.165, 1.54) is 13.2 Å². The van der Waals surface area contributed by atoms with Crippen molar-refractivity contribution in [2.24, 2.45) is 0 Å². The maximum atomic E-state index is 10.8. The monoisotopic (exact) mass is 201 g/mol. The van der Waals surface area contributed by atoms with Crippen molar-refractivity contribution in [3.05, 3.63) is 12.3 Å². The van der Waals surface area contributed by atoms with Crippen molar-refractivity contribution in [1.82, 2.24) is 4.90 Å². The van der Waals surface area contributed by atoms with Gasteiger partial charge in [0.05, 0.1) is 12.7 Å². The summed E-state index contributed by atoms with van der Waals surface area (Å²) < 4.78 is 4.46. The van der Waals surface area contributed by atoms with E-state index >= 15 is 0 Å². The third kappa shape index (κ3) is 6.48. The molecule has 0 aromatic heterocycles. The van der Waals surface area contributed by atoms with E-state index in [9.17, 15) is 9.90 Å². The normalized spacial score (nSPS) is 11.8. The summed E-state index contributed by atoms with van der Waals surface area (Å²) in [5.74, 6) is -0.390. The van der Waals surface area contributed by atoms with E-state index < -0.39 is 5.60 Å². The molecular formula is C10H19NO3. The summed E-state index contributed by atoms with van der Waals surface area (Å²) in [5, 5.41) is 9.55. The van der Waals surface area contributed by atoms with Gasteiger partial charge in [0.25, 0.3) is 0 Å². The number of carbonyl (C=O) groups excluding carboxylic acids is 1.